The van der Waals surface area contributed by atoms with E-state index >= 15 is 0 Å². The maximum absolute atomic E-state index is 13.8. The summed E-state index contributed by atoms with van der Waals surface area (Å²) >= 11 is 3.05. The molecule has 0 saturated heterocycles. The molecule has 5 nitrogen and oxygen atoms in total. The smallest absolute Gasteiger partial charge is 0.246 e. The van der Waals surface area contributed by atoms with Gasteiger partial charge in [0.2, 0.25) is 10.0 Å². The molecule has 108 valence electrons. The molecule has 0 saturated carbocycles. The molecule has 0 bridgehead atoms. The van der Waals surface area contributed by atoms with Gasteiger partial charge in [-0.1, -0.05) is 6.92 Å². The van der Waals surface area contributed by atoms with E-state index in [4.69, 9.17) is 10.5 Å². The summed E-state index contributed by atoms with van der Waals surface area (Å²) in [5, 5.41) is 0. The average Bonchev–Trinajstić information content (AvgIpc) is 2.34. The van der Waals surface area contributed by atoms with Crippen molar-refractivity contribution in [2.45, 2.75) is 11.8 Å². The zero-order valence-corrected chi connectivity index (χ0v) is 13.1. The number of hydrogen-bond acceptors (Lipinski definition) is 4. The number of methoxy groups -OCH3 is 1. The standard InChI is InChI=1S/C11H16BrFN2O3S/c1-3-15(4-5-18-2)19(16,17)11-7-10(14)8(12)6-9(11)13/h6-7H,3-5,14H2,1-2H3. The zero-order valence-electron chi connectivity index (χ0n) is 10.7. The lowest BCUT2D eigenvalue weighted by atomic mass is 10.3. The SMILES string of the molecule is CCN(CCOC)S(=O)(=O)c1cc(N)c(Br)cc1F. The first-order chi connectivity index (χ1) is 8.84. The minimum Gasteiger partial charge on any atom is -0.398 e. The van der Waals surface area contributed by atoms with E-state index in [9.17, 15) is 12.8 Å². The Hall–Kier alpha value is -0.700. The highest BCUT2D eigenvalue weighted by Gasteiger charge is 2.27. The molecular formula is C11H16BrFN2O3S. The van der Waals surface area contributed by atoms with Crippen LogP contribution in [0.3, 0.4) is 0 Å². The summed E-state index contributed by atoms with van der Waals surface area (Å²) in [5.74, 6) is -0.836. The Morgan fingerprint density at radius 2 is 2.11 bits per heavy atom. The van der Waals surface area contributed by atoms with Crippen molar-refractivity contribution >= 4 is 31.6 Å². The Morgan fingerprint density at radius 1 is 1.47 bits per heavy atom. The van der Waals surface area contributed by atoms with Crippen LogP contribution in [0.1, 0.15) is 6.92 Å². The molecule has 0 spiro atoms. The monoisotopic (exact) mass is 354 g/mol. The number of halogens is 2. The molecule has 19 heavy (non-hydrogen) atoms. The van der Waals surface area contributed by atoms with Crippen LogP contribution in [0.2, 0.25) is 0 Å². The zero-order chi connectivity index (χ0) is 14.6. The molecule has 0 aromatic heterocycles. The molecule has 8 heteroatoms. The van der Waals surface area contributed by atoms with E-state index in [1.54, 1.807) is 6.92 Å². The molecule has 2 N–H and O–H groups in total. The fourth-order valence-electron chi connectivity index (χ4n) is 1.52. The van der Waals surface area contributed by atoms with Gasteiger partial charge in [0, 0.05) is 30.4 Å². The Labute approximate surface area is 120 Å². The summed E-state index contributed by atoms with van der Waals surface area (Å²) < 4.78 is 44.8. The lowest BCUT2D eigenvalue weighted by Crippen LogP contribution is -2.34. The van der Waals surface area contributed by atoms with Gasteiger partial charge in [-0.15, -0.1) is 0 Å². The minimum atomic E-state index is -3.92. The number of benzene rings is 1. The minimum absolute atomic E-state index is 0.157. The normalized spacial score (nSPS) is 12.1. The Balaban J connectivity index is 3.22. The van der Waals surface area contributed by atoms with E-state index in [-0.39, 0.29) is 25.4 Å². The molecule has 0 aliphatic rings. The van der Waals surface area contributed by atoms with Gasteiger partial charge in [0.15, 0.2) is 0 Å². The van der Waals surface area contributed by atoms with Crippen molar-refractivity contribution in [2.75, 3.05) is 32.5 Å². The third-order valence-corrected chi connectivity index (χ3v) is 5.24. The second-order valence-corrected chi connectivity index (χ2v) is 6.55. The van der Waals surface area contributed by atoms with Gasteiger partial charge >= 0.3 is 0 Å². The number of ether oxygens (including phenoxy) is 1. The Kier molecular flexibility index (Phi) is 5.72. The second-order valence-electron chi connectivity index (χ2n) is 3.79. The summed E-state index contributed by atoms with van der Waals surface area (Å²) in [7, 11) is -2.44. The molecule has 0 aliphatic carbocycles. The molecule has 0 aliphatic heterocycles. The predicted molar refractivity (Wildman–Crippen MR) is 74.8 cm³/mol. The fraction of sp³-hybridized carbons (Fsp3) is 0.455. The van der Waals surface area contributed by atoms with Crippen molar-refractivity contribution in [1.29, 1.82) is 0 Å². The van der Waals surface area contributed by atoms with Crippen molar-refractivity contribution < 1.29 is 17.5 Å². The van der Waals surface area contributed by atoms with Gasteiger partial charge in [0.05, 0.1) is 6.61 Å². The number of rotatable bonds is 6. The van der Waals surface area contributed by atoms with Crippen LogP contribution < -0.4 is 5.73 Å². The quantitative estimate of drug-likeness (QED) is 0.791. The largest absolute Gasteiger partial charge is 0.398 e. The number of hydrogen-bond donors (Lipinski definition) is 1. The molecule has 1 rings (SSSR count). The molecule has 0 heterocycles. The van der Waals surface area contributed by atoms with Gasteiger partial charge in [-0.05, 0) is 28.1 Å². The summed E-state index contributed by atoms with van der Waals surface area (Å²) in [5.41, 5.74) is 5.78. The highest BCUT2D eigenvalue weighted by Crippen LogP contribution is 2.27. The molecular weight excluding hydrogens is 339 g/mol. The molecule has 0 amide bonds. The van der Waals surface area contributed by atoms with Crippen LogP contribution in [0.5, 0.6) is 0 Å². The lowest BCUT2D eigenvalue weighted by Gasteiger charge is -2.20. The third-order valence-electron chi connectivity index (χ3n) is 2.57. The molecule has 0 radical (unpaired) electrons. The lowest BCUT2D eigenvalue weighted by molar-refractivity contribution is 0.180. The van der Waals surface area contributed by atoms with Gasteiger partial charge in [-0.25, -0.2) is 12.8 Å². The number of likely N-dealkylation sites (N-methyl/N-ethyl adjacent to an activating group) is 1. The van der Waals surface area contributed by atoms with Crippen molar-refractivity contribution in [3.63, 3.8) is 0 Å². The highest BCUT2D eigenvalue weighted by molar-refractivity contribution is 9.10. The van der Waals surface area contributed by atoms with Gasteiger partial charge in [0.1, 0.15) is 10.7 Å². The van der Waals surface area contributed by atoms with E-state index in [0.29, 0.717) is 4.47 Å². The van der Waals surface area contributed by atoms with Crippen LogP contribution in [0.4, 0.5) is 10.1 Å². The van der Waals surface area contributed by atoms with Crippen LogP contribution in [-0.4, -0.2) is 39.5 Å². The van der Waals surface area contributed by atoms with E-state index in [1.807, 2.05) is 0 Å². The number of nitrogen functional groups attached to an aromatic ring is 1. The van der Waals surface area contributed by atoms with Crippen molar-refractivity contribution in [3.8, 4) is 0 Å². The van der Waals surface area contributed by atoms with Crippen molar-refractivity contribution in [3.05, 3.63) is 22.4 Å². The predicted octanol–water partition coefficient (Wildman–Crippen LogP) is 1.83. The molecule has 1 aromatic carbocycles. The summed E-state index contributed by atoms with van der Waals surface area (Å²) in [4.78, 5) is -0.425. The van der Waals surface area contributed by atoms with Crippen LogP contribution >= 0.6 is 15.9 Å². The number of anilines is 1. The highest BCUT2D eigenvalue weighted by atomic mass is 79.9. The van der Waals surface area contributed by atoms with Gasteiger partial charge in [0.25, 0.3) is 0 Å². The van der Waals surface area contributed by atoms with E-state index in [0.717, 1.165) is 16.4 Å². The van der Waals surface area contributed by atoms with Crippen molar-refractivity contribution in [2.24, 2.45) is 0 Å². The van der Waals surface area contributed by atoms with E-state index in [2.05, 4.69) is 15.9 Å². The summed E-state index contributed by atoms with van der Waals surface area (Å²) in [6.07, 6.45) is 0. The number of nitrogens with zero attached hydrogens (tertiary/aromatic N) is 1. The van der Waals surface area contributed by atoms with Crippen molar-refractivity contribution in [1.82, 2.24) is 4.31 Å². The van der Waals surface area contributed by atoms with E-state index < -0.39 is 20.7 Å². The van der Waals surface area contributed by atoms with Crippen LogP contribution in [0.25, 0.3) is 0 Å². The summed E-state index contributed by atoms with van der Waals surface area (Å²) in [6, 6.07) is 2.16. The second kappa shape index (κ2) is 6.65. The van der Waals surface area contributed by atoms with E-state index in [1.165, 1.54) is 7.11 Å². The Bertz CT molecular complexity index is 551. The summed E-state index contributed by atoms with van der Waals surface area (Å²) in [6.45, 7) is 2.29. The third kappa shape index (κ3) is 3.65. The van der Waals surface area contributed by atoms with Crippen LogP contribution in [0, 0.1) is 5.82 Å². The topological polar surface area (TPSA) is 72.6 Å². The fourth-order valence-corrected chi connectivity index (χ4v) is 3.35. The number of sulfonamides is 1. The van der Waals surface area contributed by atoms with Crippen LogP contribution in [-0.2, 0) is 14.8 Å². The Morgan fingerprint density at radius 3 is 2.63 bits per heavy atom. The maximum Gasteiger partial charge on any atom is 0.246 e. The maximum atomic E-state index is 13.8. The number of nitrogens with two attached hydrogens (primary N) is 1. The van der Waals surface area contributed by atoms with Gasteiger partial charge in [-0.2, -0.15) is 4.31 Å². The molecule has 1 aromatic rings. The average molecular weight is 355 g/mol. The first-order valence-corrected chi connectivity index (χ1v) is 7.81. The first kappa shape index (κ1) is 16.4. The molecule has 0 fully saturated rings. The first-order valence-electron chi connectivity index (χ1n) is 5.58. The molecule has 0 unspecified atom stereocenters. The molecule has 0 atom stereocenters. The van der Waals surface area contributed by atoms with Gasteiger partial charge in [-0.3, -0.25) is 0 Å². The van der Waals surface area contributed by atoms with Gasteiger partial charge < -0.3 is 10.5 Å². The van der Waals surface area contributed by atoms with Crippen LogP contribution in [0.15, 0.2) is 21.5 Å².